The van der Waals surface area contributed by atoms with E-state index in [9.17, 15) is 0 Å². The van der Waals surface area contributed by atoms with Crippen molar-refractivity contribution in [2.45, 2.75) is 69.6 Å². The van der Waals surface area contributed by atoms with Gasteiger partial charge in [-0.15, -0.1) is 12.6 Å². The van der Waals surface area contributed by atoms with E-state index in [1.54, 1.807) is 0 Å². The van der Waals surface area contributed by atoms with Gasteiger partial charge in [-0.05, 0) is 98.7 Å². The van der Waals surface area contributed by atoms with Gasteiger partial charge in [0.25, 0.3) is 0 Å². The maximum Gasteiger partial charge on any atom is 0.0930 e. The van der Waals surface area contributed by atoms with Gasteiger partial charge in [0.1, 0.15) is 0 Å². The molecule has 31 heavy (non-hydrogen) atoms. The number of hydrogen-bond acceptors (Lipinski definition) is 5. The number of aryl methyl sites for hydroxylation is 3. The van der Waals surface area contributed by atoms with Crippen molar-refractivity contribution < 1.29 is 0 Å². The first-order valence-corrected chi connectivity index (χ1v) is 11.8. The summed E-state index contributed by atoms with van der Waals surface area (Å²) in [7, 11) is 1.92. The molecule has 0 saturated heterocycles. The average molecular weight is 455 g/mol. The van der Waals surface area contributed by atoms with Crippen LogP contribution in [0.25, 0.3) is 0 Å². The molecule has 0 saturated carbocycles. The Hall–Kier alpha value is -1.99. The fourth-order valence-electron chi connectivity index (χ4n) is 4.24. The lowest BCUT2D eigenvalue weighted by Crippen LogP contribution is -2.13. The number of nitrogens with two attached hydrogens (primary N) is 2. The van der Waals surface area contributed by atoms with Gasteiger partial charge in [0, 0.05) is 10.6 Å². The molecule has 0 radical (unpaired) electrons. The van der Waals surface area contributed by atoms with Crippen LogP contribution in [0.4, 0.5) is 5.69 Å². The van der Waals surface area contributed by atoms with E-state index in [0.717, 1.165) is 16.0 Å². The minimum absolute atomic E-state index is 0.410. The summed E-state index contributed by atoms with van der Waals surface area (Å²) in [6.07, 6.45) is 7.41. The van der Waals surface area contributed by atoms with E-state index in [2.05, 4.69) is 42.2 Å². The molecule has 0 amide bonds. The molecule has 0 fully saturated rings. The molecule has 0 aliphatic heterocycles. The maximum absolute atomic E-state index is 8.94. The molecule has 0 aromatic heterocycles. The van der Waals surface area contributed by atoms with Gasteiger partial charge in [-0.3, -0.25) is 0 Å². The quantitative estimate of drug-likeness (QED) is 0.373. The van der Waals surface area contributed by atoms with Crippen LogP contribution in [-0.2, 0) is 31.1 Å². The van der Waals surface area contributed by atoms with Crippen molar-refractivity contribution in [1.29, 1.82) is 5.26 Å². The maximum atomic E-state index is 8.94. The van der Waals surface area contributed by atoms with Crippen molar-refractivity contribution in [2.24, 2.45) is 11.2 Å². The molecule has 4 nitrogen and oxygen atoms in total. The Labute approximate surface area is 195 Å². The largest absolute Gasteiger partial charge is 0.386 e. The molecular formula is C25H35N4PS. The first kappa shape index (κ1) is 25.3. The highest BCUT2D eigenvalue weighted by Crippen LogP contribution is 2.38. The van der Waals surface area contributed by atoms with Crippen LogP contribution in [0, 0.1) is 18.3 Å². The van der Waals surface area contributed by atoms with Crippen molar-refractivity contribution in [1.82, 2.24) is 0 Å². The van der Waals surface area contributed by atoms with Crippen LogP contribution in [0.1, 0.15) is 60.1 Å². The van der Waals surface area contributed by atoms with E-state index in [0.29, 0.717) is 5.82 Å². The van der Waals surface area contributed by atoms with Gasteiger partial charge in [0.15, 0.2) is 0 Å². The number of hydrogen-bond donors (Lipinski definition) is 4. The molecule has 0 spiro atoms. The lowest BCUT2D eigenvalue weighted by atomic mass is 9.86. The Kier molecular flexibility index (Phi) is 9.01. The number of nitrogens with zero attached hydrogens (tertiary/aromatic N) is 1. The van der Waals surface area contributed by atoms with Crippen LogP contribution < -0.4 is 16.6 Å². The van der Waals surface area contributed by atoms with E-state index < -0.39 is 5.41 Å². The number of thiol groups is 1. The Morgan fingerprint density at radius 3 is 2.10 bits per heavy atom. The molecule has 1 unspecified atom stereocenters. The second-order valence-corrected chi connectivity index (χ2v) is 9.10. The number of benzene rings is 2. The van der Waals surface area contributed by atoms with Crippen LogP contribution in [0.3, 0.4) is 0 Å². The van der Waals surface area contributed by atoms with Crippen molar-refractivity contribution in [3.8, 4) is 6.07 Å². The number of nitriles is 1. The number of nitrogens with one attached hydrogen (secondary N) is 1. The zero-order valence-corrected chi connectivity index (χ0v) is 20.9. The van der Waals surface area contributed by atoms with Gasteiger partial charge in [0.05, 0.1) is 17.3 Å². The van der Waals surface area contributed by atoms with Gasteiger partial charge in [-0.2, -0.15) is 5.26 Å². The Morgan fingerprint density at radius 2 is 1.65 bits per heavy atom. The smallest absolute Gasteiger partial charge is 0.0930 e. The summed E-state index contributed by atoms with van der Waals surface area (Å²) >= 11 is 4.29. The van der Waals surface area contributed by atoms with Crippen LogP contribution in [0.15, 0.2) is 41.6 Å². The molecule has 1 atom stereocenters. The predicted octanol–water partition coefficient (Wildman–Crippen LogP) is 5.33. The zero-order valence-electron chi connectivity index (χ0n) is 18.9. The molecular weight excluding hydrogens is 419 g/mol. The summed E-state index contributed by atoms with van der Waals surface area (Å²) in [6.45, 7) is 9.60. The molecule has 0 heterocycles. The summed E-state index contributed by atoms with van der Waals surface area (Å²) < 4.78 is 0. The second-order valence-electron chi connectivity index (χ2n) is 8.62. The molecule has 0 bridgehead atoms. The highest BCUT2D eigenvalue weighted by molar-refractivity contribution is 7.80. The van der Waals surface area contributed by atoms with Crippen LogP contribution in [0.5, 0.6) is 0 Å². The Bertz CT molecular complexity index is 960. The van der Waals surface area contributed by atoms with Crippen molar-refractivity contribution >= 4 is 27.7 Å². The second kappa shape index (κ2) is 11.0. The fraction of sp³-hybridized carbons (Fsp3) is 0.400. The van der Waals surface area contributed by atoms with E-state index in [4.69, 9.17) is 11.0 Å². The topological polar surface area (TPSA) is 87.9 Å². The van der Waals surface area contributed by atoms with Gasteiger partial charge in [-0.1, -0.05) is 34.2 Å². The number of fused-ring (bicyclic) bond motifs is 2. The molecule has 4 rings (SSSR count). The highest BCUT2D eigenvalue weighted by atomic mass is 32.1. The highest BCUT2D eigenvalue weighted by Gasteiger charge is 2.23. The van der Waals surface area contributed by atoms with E-state index in [1.807, 2.05) is 48.4 Å². The summed E-state index contributed by atoms with van der Waals surface area (Å²) in [5.41, 5.74) is 19.2. The normalized spacial score (nSPS) is 13.6. The zero-order chi connectivity index (χ0) is 23.2. The SMILES string of the molecule is C=C(N)Nc1c2c(cc3c1CCC3)CCC2.Cc1cc(C(C)(C)C#N)ccc1S.NP. The lowest BCUT2D eigenvalue weighted by molar-refractivity contribution is 0.685. The van der Waals surface area contributed by atoms with E-state index >= 15 is 0 Å². The third kappa shape index (κ3) is 6.04. The van der Waals surface area contributed by atoms with Gasteiger partial charge in [0.2, 0.25) is 0 Å². The minimum Gasteiger partial charge on any atom is -0.386 e. The molecule has 2 aliphatic rings. The summed E-state index contributed by atoms with van der Waals surface area (Å²) in [6, 6.07) is 10.6. The minimum atomic E-state index is -0.410. The summed E-state index contributed by atoms with van der Waals surface area (Å²) in [5.74, 6) is 0.564. The van der Waals surface area contributed by atoms with E-state index in [1.165, 1.54) is 66.5 Å². The number of rotatable bonds is 3. The Morgan fingerprint density at radius 1 is 1.10 bits per heavy atom. The lowest BCUT2D eigenvalue weighted by Gasteiger charge is -2.16. The van der Waals surface area contributed by atoms with Gasteiger partial charge in [-0.25, -0.2) is 0 Å². The van der Waals surface area contributed by atoms with Crippen molar-refractivity contribution in [3.05, 3.63) is 70.0 Å². The number of anilines is 1. The first-order chi connectivity index (χ1) is 14.7. The standard InChI is InChI=1S/C14H18N2.C11H13NS.H4NP/c1-9(15)16-14-12-6-2-4-10(12)8-11-5-3-7-13(11)14;1-8-6-9(4-5-10(8)13)11(2,3)7-12;1-2/h8,16H,1-7,15H2;4-6,13H,1-3H3;1-2H2. The van der Waals surface area contributed by atoms with Crippen LogP contribution in [-0.4, -0.2) is 0 Å². The van der Waals surface area contributed by atoms with Gasteiger partial charge >= 0.3 is 0 Å². The first-order valence-electron chi connectivity index (χ1n) is 10.7. The molecule has 166 valence electrons. The monoisotopic (exact) mass is 454 g/mol. The molecule has 2 aromatic carbocycles. The summed E-state index contributed by atoms with van der Waals surface area (Å²) in [5, 5.41) is 12.2. The predicted molar refractivity (Wildman–Crippen MR) is 138 cm³/mol. The third-order valence-corrected chi connectivity index (χ3v) is 6.46. The van der Waals surface area contributed by atoms with Gasteiger partial charge < -0.3 is 16.6 Å². The molecule has 5 N–H and O–H groups in total. The van der Waals surface area contributed by atoms with Crippen LogP contribution in [0.2, 0.25) is 0 Å². The van der Waals surface area contributed by atoms with Crippen molar-refractivity contribution in [3.63, 3.8) is 0 Å². The molecule has 2 aliphatic carbocycles. The third-order valence-electron chi connectivity index (χ3n) is 5.96. The van der Waals surface area contributed by atoms with Crippen LogP contribution >= 0.6 is 22.0 Å². The van der Waals surface area contributed by atoms with E-state index in [-0.39, 0.29) is 0 Å². The Balaban J connectivity index is 0.000000209. The molecule has 6 heteroatoms. The summed E-state index contributed by atoms with van der Waals surface area (Å²) in [4.78, 5) is 0.970. The average Bonchev–Trinajstić information content (AvgIpc) is 3.41. The van der Waals surface area contributed by atoms with Crippen molar-refractivity contribution in [2.75, 3.05) is 5.32 Å². The molecule has 2 aromatic rings. The fourth-order valence-corrected chi connectivity index (χ4v) is 4.38.